The Morgan fingerprint density at radius 1 is 1.41 bits per heavy atom. The Balaban J connectivity index is 1.58. The molecule has 1 aliphatic heterocycles. The van der Waals surface area contributed by atoms with Crippen LogP contribution in [0.2, 0.25) is 0 Å². The molecule has 1 fully saturated rings. The molecule has 0 spiro atoms. The molecule has 1 aromatic rings. The molecule has 1 aliphatic rings. The van der Waals surface area contributed by atoms with E-state index in [0.717, 1.165) is 32.1 Å². The summed E-state index contributed by atoms with van der Waals surface area (Å²) in [6.07, 6.45) is 1.31. The molecular weight excluding hydrogens is 220 g/mol. The smallest absolute Gasteiger partial charge is 0.117 e. The molecule has 1 saturated heterocycles. The predicted octanol–water partition coefficient (Wildman–Crippen LogP) is 0.0623. The fourth-order valence-corrected chi connectivity index (χ4v) is 1.92. The first-order valence-electron chi connectivity index (χ1n) is 6.06. The van der Waals surface area contributed by atoms with Gasteiger partial charge in [-0.3, -0.25) is 4.90 Å². The van der Waals surface area contributed by atoms with Crippen LogP contribution in [-0.4, -0.2) is 55.5 Å². The van der Waals surface area contributed by atoms with Crippen LogP contribution in [0.5, 0.6) is 0 Å². The summed E-state index contributed by atoms with van der Waals surface area (Å²) in [6, 6.07) is 3.78. The van der Waals surface area contributed by atoms with Gasteiger partial charge in [0.2, 0.25) is 0 Å². The fraction of sp³-hybridized carbons (Fsp3) is 0.667. The Labute approximate surface area is 101 Å². The van der Waals surface area contributed by atoms with Crippen molar-refractivity contribution in [2.75, 3.05) is 39.4 Å². The Bertz CT molecular complexity index is 297. The lowest BCUT2D eigenvalue weighted by atomic mass is 10.3. The second-order valence-electron chi connectivity index (χ2n) is 4.28. The van der Waals surface area contributed by atoms with Crippen molar-refractivity contribution in [3.8, 4) is 0 Å². The molecule has 0 aromatic carbocycles. The molecule has 0 aliphatic carbocycles. The standard InChI is InChI=1S/C12H20N2O3/c15-11(10-14-3-6-16-7-4-14)8-13-9-12-2-1-5-17-12/h1-2,5,11,13,15H,3-4,6-10H2. The van der Waals surface area contributed by atoms with Crippen molar-refractivity contribution >= 4 is 0 Å². The van der Waals surface area contributed by atoms with E-state index in [4.69, 9.17) is 9.15 Å². The van der Waals surface area contributed by atoms with E-state index in [-0.39, 0.29) is 6.10 Å². The first kappa shape index (κ1) is 12.6. The quantitative estimate of drug-likeness (QED) is 0.736. The van der Waals surface area contributed by atoms with Gasteiger partial charge >= 0.3 is 0 Å². The van der Waals surface area contributed by atoms with Gasteiger partial charge in [0.05, 0.1) is 32.1 Å². The average molecular weight is 240 g/mol. The van der Waals surface area contributed by atoms with Crippen LogP contribution in [0.4, 0.5) is 0 Å². The maximum atomic E-state index is 9.85. The van der Waals surface area contributed by atoms with Crippen molar-refractivity contribution in [2.45, 2.75) is 12.6 Å². The van der Waals surface area contributed by atoms with E-state index in [9.17, 15) is 5.11 Å². The number of ether oxygens (including phenoxy) is 1. The van der Waals surface area contributed by atoms with E-state index in [1.165, 1.54) is 0 Å². The molecule has 1 unspecified atom stereocenters. The zero-order valence-corrected chi connectivity index (χ0v) is 9.97. The highest BCUT2D eigenvalue weighted by Gasteiger charge is 2.14. The van der Waals surface area contributed by atoms with Gasteiger partial charge in [-0.25, -0.2) is 0 Å². The number of hydrogen-bond donors (Lipinski definition) is 2. The summed E-state index contributed by atoms with van der Waals surface area (Å²) in [4.78, 5) is 2.22. The van der Waals surface area contributed by atoms with Crippen LogP contribution in [0.1, 0.15) is 5.76 Å². The normalized spacial score (nSPS) is 19.4. The van der Waals surface area contributed by atoms with E-state index in [0.29, 0.717) is 19.6 Å². The minimum absolute atomic E-state index is 0.344. The van der Waals surface area contributed by atoms with Gasteiger partial charge in [0, 0.05) is 26.2 Å². The topological polar surface area (TPSA) is 57.9 Å². The number of furan rings is 1. The van der Waals surface area contributed by atoms with Gasteiger partial charge < -0.3 is 19.6 Å². The van der Waals surface area contributed by atoms with E-state index in [2.05, 4.69) is 10.2 Å². The summed E-state index contributed by atoms with van der Waals surface area (Å²) in [5.74, 6) is 0.892. The third-order valence-electron chi connectivity index (χ3n) is 2.83. The van der Waals surface area contributed by atoms with Crippen molar-refractivity contribution in [3.63, 3.8) is 0 Å². The van der Waals surface area contributed by atoms with Gasteiger partial charge in [-0.15, -0.1) is 0 Å². The molecule has 1 aromatic heterocycles. The maximum absolute atomic E-state index is 9.85. The maximum Gasteiger partial charge on any atom is 0.117 e. The summed E-state index contributed by atoms with van der Waals surface area (Å²) in [7, 11) is 0. The lowest BCUT2D eigenvalue weighted by molar-refractivity contribution is 0.0148. The third kappa shape index (κ3) is 4.47. The van der Waals surface area contributed by atoms with Gasteiger partial charge in [0.15, 0.2) is 0 Å². The largest absolute Gasteiger partial charge is 0.468 e. The summed E-state index contributed by atoms with van der Waals surface area (Å²) in [5.41, 5.74) is 0. The fourth-order valence-electron chi connectivity index (χ4n) is 1.92. The Hall–Kier alpha value is -0.880. The van der Waals surface area contributed by atoms with Crippen LogP contribution in [0, 0.1) is 0 Å². The highest BCUT2D eigenvalue weighted by molar-refractivity contribution is 4.97. The summed E-state index contributed by atoms with van der Waals surface area (Å²) >= 11 is 0. The number of rotatable bonds is 6. The number of aliphatic hydroxyl groups is 1. The second-order valence-corrected chi connectivity index (χ2v) is 4.28. The molecule has 2 rings (SSSR count). The van der Waals surface area contributed by atoms with Crippen molar-refractivity contribution in [2.24, 2.45) is 0 Å². The molecule has 17 heavy (non-hydrogen) atoms. The first-order chi connectivity index (χ1) is 8.34. The molecule has 0 amide bonds. The van der Waals surface area contributed by atoms with Gasteiger partial charge in [-0.1, -0.05) is 0 Å². The molecule has 5 nitrogen and oxygen atoms in total. The molecule has 0 bridgehead atoms. The predicted molar refractivity (Wildman–Crippen MR) is 63.7 cm³/mol. The lowest BCUT2D eigenvalue weighted by Crippen LogP contribution is -2.43. The van der Waals surface area contributed by atoms with Crippen LogP contribution in [0.25, 0.3) is 0 Å². The van der Waals surface area contributed by atoms with E-state index in [1.807, 2.05) is 12.1 Å². The number of aliphatic hydroxyl groups excluding tert-OH is 1. The summed E-state index contributed by atoms with van der Waals surface area (Å²) in [6.45, 7) is 5.31. The average Bonchev–Trinajstić information content (AvgIpc) is 2.83. The van der Waals surface area contributed by atoms with Crippen LogP contribution in [0.15, 0.2) is 22.8 Å². The Morgan fingerprint density at radius 3 is 2.94 bits per heavy atom. The van der Waals surface area contributed by atoms with Crippen molar-refractivity contribution in [1.82, 2.24) is 10.2 Å². The number of morpholine rings is 1. The SMILES string of the molecule is OC(CNCc1ccco1)CN1CCOCC1. The molecule has 0 radical (unpaired) electrons. The molecule has 0 saturated carbocycles. The van der Waals surface area contributed by atoms with E-state index >= 15 is 0 Å². The first-order valence-corrected chi connectivity index (χ1v) is 6.06. The molecule has 1 atom stereocenters. The third-order valence-corrected chi connectivity index (χ3v) is 2.83. The zero-order chi connectivity index (χ0) is 11.9. The van der Waals surface area contributed by atoms with Crippen LogP contribution < -0.4 is 5.32 Å². The van der Waals surface area contributed by atoms with Crippen LogP contribution in [0.3, 0.4) is 0 Å². The van der Waals surface area contributed by atoms with Crippen molar-refractivity contribution in [3.05, 3.63) is 24.2 Å². The highest BCUT2D eigenvalue weighted by atomic mass is 16.5. The lowest BCUT2D eigenvalue weighted by Gasteiger charge is -2.28. The summed E-state index contributed by atoms with van der Waals surface area (Å²) in [5, 5.41) is 13.0. The summed E-state index contributed by atoms with van der Waals surface area (Å²) < 4.78 is 10.5. The second kappa shape index (κ2) is 6.76. The van der Waals surface area contributed by atoms with Gasteiger partial charge in [-0.05, 0) is 12.1 Å². The number of β-amino-alcohol motifs (C(OH)–C–C–N with tert-alkyl or cyclic N) is 1. The number of hydrogen-bond acceptors (Lipinski definition) is 5. The zero-order valence-electron chi connectivity index (χ0n) is 9.97. The molecule has 5 heteroatoms. The molecular formula is C12H20N2O3. The van der Waals surface area contributed by atoms with Gasteiger partial charge in [0.1, 0.15) is 5.76 Å². The molecule has 2 N–H and O–H groups in total. The minimum atomic E-state index is -0.344. The minimum Gasteiger partial charge on any atom is -0.468 e. The van der Waals surface area contributed by atoms with E-state index in [1.54, 1.807) is 6.26 Å². The van der Waals surface area contributed by atoms with Gasteiger partial charge in [0.25, 0.3) is 0 Å². The van der Waals surface area contributed by atoms with Crippen LogP contribution >= 0.6 is 0 Å². The van der Waals surface area contributed by atoms with Crippen molar-refractivity contribution < 1.29 is 14.3 Å². The molecule has 96 valence electrons. The Kier molecular flexibility index (Phi) is 5.00. The number of nitrogens with zero attached hydrogens (tertiary/aromatic N) is 1. The van der Waals surface area contributed by atoms with E-state index < -0.39 is 0 Å². The van der Waals surface area contributed by atoms with Crippen molar-refractivity contribution in [1.29, 1.82) is 0 Å². The number of nitrogens with one attached hydrogen (secondary N) is 1. The van der Waals surface area contributed by atoms with Crippen LogP contribution in [-0.2, 0) is 11.3 Å². The van der Waals surface area contributed by atoms with Gasteiger partial charge in [-0.2, -0.15) is 0 Å². The monoisotopic (exact) mass is 240 g/mol. The highest BCUT2D eigenvalue weighted by Crippen LogP contribution is 2.00. The molecule has 2 heterocycles. The Morgan fingerprint density at radius 2 is 2.24 bits per heavy atom.